The van der Waals surface area contributed by atoms with Gasteiger partial charge in [-0.2, -0.15) is 4.73 Å². The molecule has 2 aliphatic rings. The number of ether oxygens (including phenoxy) is 1. The van der Waals surface area contributed by atoms with Gasteiger partial charge in [-0.05, 0) is 37.7 Å². The van der Waals surface area contributed by atoms with Gasteiger partial charge in [0.05, 0.1) is 5.56 Å². The molecule has 1 aromatic heterocycles. The SMILES string of the molecule is CC1CCC2(CC1)OC(=O)c1c2ccc[n+]1[O-]. The molecule has 1 saturated carbocycles. The minimum Gasteiger partial charge on any atom is -0.618 e. The largest absolute Gasteiger partial charge is 0.618 e. The van der Waals surface area contributed by atoms with E-state index in [0.717, 1.165) is 31.2 Å². The monoisotopic (exact) mass is 233 g/mol. The van der Waals surface area contributed by atoms with Crippen LogP contribution in [0.25, 0.3) is 0 Å². The summed E-state index contributed by atoms with van der Waals surface area (Å²) in [6, 6.07) is 3.54. The van der Waals surface area contributed by atoms with Gasteiger partial charge in [0.25, 0.3) is 0 Å². The molecular formula is C13H15NO3. The Kier molecular flexibility index (Phi) is 2.15. The molecular weight excluding hydrogens is 218 g/mol. The molecule has 3 rings (SSSR count). The lowest BCUT2D eigenvalue weighted by Gasteiger charge is -2.34. The summed E-state index contributed by atoms with van der Waals surface area (Å²) in [7, 11) is 0. The van der Waals surface area contributed by atoms with Crippen LogP contribution in [0.15, 0.2) is 18.3 Å². The Morgan fingerprint density at radius 3 is 2.88 bits per heavy atom. The van der Waals surface area contributed by atoms with Gasteiger partial charge in [0.2, 0.25) is 0 Å². The number of rotatable bonds is 0. The van der Waals surface area contributed by atoms with Gasteiger partial charge >= 0.3 is 11.7 Å². The van der Waals surface area contributed by atoms with Gasteiger partial charge in [-0.25, -0.2) is 4.79 Å². The molecule has 0 saturated heterocycles. The van der Waals surface area contributed by atoms with Gasteiger partial charge in [0, 0.05) is 6.07 Å². The van der Waals surface area contributed by atoms with E-state index in [-0.39, 0.29) is 5.69 Å². The molecule has 1 aliphatic heterocycles. The number of carbonyl (C=O) groups excluding carboxylic acids is 1. The van der Waals surface area contributed by atoms with E-state index in [2.05, 4.69) is 6.92 Å². The molecule has 0 radical (unpaired) electrons. The first kappa shape index (κ1) is 10.6. The zero-order chi connectivity index (χ0) is 12.0. The van der Waals surface area contributed by atoms with Crippen molar-refractivity contribution in [2.75, 3.05) is 0 Å². The molecule has 17 heavy (non-hydrogen) atoms. The van der Waals surface area contributed by atoms with Gasteiger partial charge in [0.1, 0.15) is 5.60 Å². The number of hydrogen-bond donors (Lipinski definition) is 0. The highest BCUT2D eigenvalue weighted by Crippen LogP contribution is 2.46. The standard InChI is InChI=1S/C13H15NO3/c1-9-4-6-13(7-5-9)10-3-2-8-14(16)11(10)12(15)17-13/h2-3,8-9H,4-7H2,1H3. The van der Waals surface area contributed by atoms with Gasteiger partial charge in [-0.3, -0.25) is 0 Å². The Hall–Kier alpha value is -1.58. The lowest BCUT2D eigenvalue weighted by Crippen LogP contribution is -2.34. The zero-order valence-electron chi connectivity index (χ0n) is 9.81. The molecule has 4 nitrogen and oxygen atoms in total. The maximum atomic E-state index is 11.8. The van der Waals surface area contributed by atoms with Crippen molar-refractivity contribution in [3.63, 3.8) is 0 Å². The first-order valence-electron chi connectivity index (χ1n) is 6.08. The number of hydrogen-bond acceptors (Lipinski definition) is 3. The van der Waals surface area contributed by atoms with Gasteiger partial charge < -0.3 is 9.94 Å². The van der Waals surface area contributed by atoms with Crippen LogP contribution in [0, 0.1) is 11.1 Å². The molecule has 1 aromatic rings. The van der Waals surface area contributed by atoms with Gasteiger partial charge in [-0.1, -0.05) is 6.92 Å². The van der Waals surface area contributed by atoms with E-state index in [0.29, 0.717) is 10.6 Å². The third-order valence-electron chi connectivity index (χ3n) is 4.01. The maximum Gasteiger partial charge on any atom is 0.406 e. The minimum absolute atomic E-state index is 0.182. The number of nitrogens with zero attached hydrogens (tertiary/aromatic N) is 1. The van der Waals surface area contributed by atoms with E-state index >= 15 is 0 Å². The second kappa shape index (κ2) is 3.45. The number of fused-ring (bicyclic) bond motifs is 2. The van der Waals surface area contributed by atoms with Crippen molar-refractivity contribution in [2.24, 2.45) is 5.92 Å². The molecule has 1 fully saturated rings. The predicted molar refractivity (Wildman–Crippen MR) is 60.1 cm³/mol. The molecule has 0 bridgehead atoms. The van der Waals surface area contributed by atoms with Crippen molar-refractivity contribution < 1.29 is 14.3 Å². The Morgan fingerprint density at radius 2 is 2.18 bits per heavy atom. The molecule has 0 amide bonds. The van der Waals surface area contributed by atoms with E-state index in [1.54, 1.807) is 6.07 Å². The Bertz CT molecular complexity index is 476. The number of pyridine rings is 1. The molecule has 1 aliphatic carbocycles. The fraction of sp³-hybridized carbons (Fsp3) is 0.538. The van der Waals surface area contributed by atoms with Crippen LogP contribution in [0.2, 0.25) is 0 Å². The fourth-order valence-electron chi connectivity index (χ4n) is 2.94. The lowest BCUT2D eigenvalue weighted by atomic mass is 9.76. The van der Waals surface area contributed by atoms with Crippen LogP contribution in [0.5, 0.6) is 0 Å². The summed E-state index contributed by atoms with van der Waals surface area (Å²) in [5, 5.41) is 11.6. The Morgan fingerprint density at radius 1 is 1.47 bits per heavy atom. The van der Waals surface area contributed by atoms with Gasteiger partial charge in [0.15, 0.2) is 6.20 Å². The molecule has 4 heteroatoms. The first-order chi connectivity index (χ1) is 8.12. The van der Waals surface area contributed by atoms with E-state index in [4.69, 9.17) is 4.74 Å². The van der Waals surface area contributed by atoms with E-state index < -0.39 is 11.6 Å². The number of aromatic nitrogens is 1. The lowest BCUT2D eigenvalue weighted by molar-refractivity contribution is -0.608. The predicted octanol–water partition coefficient (Wildman–Crippen LogP) is 1.90. The van der Waals surface area contributed by atoms with Crippen molar-refractivity contribution >= 4 is 5.97 Å². The van der Waals surface area contributed by atoms with E-state index in [1.807, 2.05) is 6.07 Å². The van der Waals surface area contributed by atoms with Crippen molar-refractivity contribution in [3.05, 3.63) is 34.8 Å². The molecule has 0 aromatic carbocycles. The molecule has 2 heterocycles. The van der Waals surface area contributed by atoms with Crippen molar-refractivity contribution in [3.8, 4) is 0 Å². The Labute approximate surface area is 99.8 Å². The van der Waals surface area contributed by atoms with Crippen LogP contribution in [-0.2, 0) is 10.3 Å². The highest BCUT2D eigenvalue weighted by molar-refractivity contribution is 5.91. The first-order valence-corrected chi connectivity index (χ1v) is 6.08. The van der Waals surface area contributed by atoms with Crippen LogP contribution < -0.4 is 4.73 Å². The van der Waals surface area contributed by atoms with Crippen molar-refractivity contribution in [2.45, 2.75) is 38.2 Å². The van der Waals surface area contributed by atoms with E-state index in [9.17, 15) is 10.0 Å². The fourth-order valence-corrected chi connectivity index (χ4v) is 2.94. The molecule has 0 atom stereocenters. The smallest absolute Gasteiger partial charge is 0.406 e. The minimum atomic E-state index is -0.521. The second-order valence-corrected chi connectivity index (χ2v) is 5.16. The summed E-state index contributed by atoms with van der Waals surface area (Å²) >= 11 is 0. The van der Waals surface area contributed by atoms with E-state index in [1.165, 1.54) is 6.20 Å². The second-order valence-electron chi connectivity index (χ2n) is 5.16. The van der Waals surface area contributed by atoms with Crippen LogP contribution in [-0.4, -0.2) is 5.97 Å². The van der Waals surface area contributed by atoms with Crippen molar-refractivity contribution in [1.82, 2.24) is 0 Å². The highest BCUT2D eigenvalue weighted by atomic mass is 16.6. The average Bonchev–Trinajstić information content (AvgIpc) is 2.58. The van der Waals surface area contributed by atoms with Crippen LogP contribution in [0.1, 0.15) is 48.7 Å². The Balaban J connectivity index is 2.07. The summed E-state index contributed by atoms with van der Waals surface area (Å²) in [5.74, 6) is 0.205. The summed E-state index contributed by atoms with van der Waals surface area (Å²) in [4.78, 5) is 11.8. The number of esters is 1. The van der Waals surface area contributed by atoms with Crippen molar-refractivity contribution in [1.29, 1.82) is 0 Å². The molecule has 90 valence electrons. The molecule has 0 unspecified atom stereocenters. The van der Waals surface area contributed by atoms with Crippen LogP contribution >= 0.6 is 0 Å². The van der Waals surface area contributed by atoms with Crippen LogP contribution in [0.4, 0.5) is 0 Å². The normalized spacial score (nSPS) is 31.4. The third-order valence-corrected chi connectivity index (χ3v) is 4.01. The van der Waals surface area contributed by atoms with Gasteiger partial charge in [-0.15, -0.1) is 0 Å². The summed E-state index contributed by atoms with van der Waals surface area (Å²) in [5.41, 5.74) is 0.445. The summed E-state index contributed by atoms with van der Waals surface area (Å²) in [6.45, 7) is 2.21. The summed E-state index contributed by atoms with van der Waals surface area (Å²) in [6.07, 6.45) is 5.10. The molecule has 1 spiro atoms. The third kappa shape index (κ3) is 1.43. The topological polar surface area (TPSA) is 53.2 Å². The molecule has 0 N–H and O–H groups in total. The number of carbonyl (C=O) groups is 1. The summed E-state index contributed by atoms with van der Waals surface area (Å²) < 4.78 is 6.16. The maximum absolute atomic E-state index is 11.8. The highest BCUT2D eigenvalue weighted by Gasteiger charge is 2.51. The zero-order valence-corrected chi connectivity index (χ0v) is 9.81. The quantitative estimate of drug-likeness (QED) is 0.390. The average molecular weight is 233 g/mol. The van der Waals surface area contributed by atoms with Crippen LogP contribution in [0.3, 0.4) is 0 Å².